The summed E-state index contributed by atoms with van der Waals surface area (Å²) in [6, 6.07) is -4.85. The van der Waals surface area contributed by atoms with Crippen LogP contribution in [0.15, 0.2) is 0 Å². The molecule has 0 aromatic heterocycles. The lowest BCUT2D eigenvalue weighted by Gasteiger charge is -2.23. The van der Waals surface area contributed by atoms with E-state index < -0.39 is 79.2 Å². The molecule has 9 N–H and O–H groups in total. The summed E-state index contributed by atoms with van der Waals surface area (Å²) >= 11 is 0. The topological polar surface area (TPSA) is 245 Å². The molecule has 14 heteroatoms. The van der Waals surface area contributed by atoms with Gasteiger partial charge in [0, 0.05) is 0 Å². The van der Waals surface area contributed by atoms with Gasteiger partial charge < -0.3 is 42.1 Å². The number of carbonyl (C=O) groups excluding carboxylic acids is 3. The van der Waals surface area contributed by atoms with Gasteiger partial charge in [-0.05, 0) is 6.92 Å². The first-order valence-corrected chi connectivity index (χ1v) is 7.82. The number of hydrogen-bond donors (Lipinski definition) is 8. The zero-order valence-electron chi connectivity index (χ0n) is 14.7. The number of aliphatic hydroxyl groups is 1. The van der Waals surface area contributed by atoms with Crippen LogP contribution in [0.1, 0.15) is 19.8 Å². The van der Waals surface area contributed by atoms with Crippen LogP contribution < -0.4 is 21.7 Å². The van der Waals surface area contributed by atoms with Gasteiger partial charge in [-0.15, -0.1) is 0 Å². The Bertz CT molecular complexity index is 636. The van der Waals surface area contributed by atoms with Crippen molar-refractivity contribution in [2.75, 3.05) is 6.54 Å². The molecule has 0 fully saturated rings. The first kappa shape index (κ1) is 24.7. The van der Waals surface area contributed by atoms with Gasteiger partial charge in [0.2, 0.25) is 17.7 Å². The Balaban J connectivity index is 4.83. The van der Waals surface area contributed by atoms with Crippen LogP contribution in [0.5, 0.6) is 0 Å². The number of rotatable bonds is 12. The lowest BCUT2D eigenvalue weighted by Crippen LogP contribution is -2.57. The minimum Gasteiger partial charge on any atom is -0.481 e. The average Bonchev–Trinajstić information content (AvgIpc) is 2.55. The van der Waals surface area contributed by atoms with Crippen molar-refractivity contribution in [2.45, 2.75) is 44.0 Å². The van der Waals surface area contributed by atoms with Gasteiger partial charge in [-0.2, -0.15) is 0 Å². The van der Waals surface area contributed by atoms with E-state index in [0.717, 1.165) is 6.92 Å². The molecule has 0 aromatic rings. The predicted octanol–water partition coefficient (Wildman–Crippen LogP) is -4.19. The van der Waals surface area contributed by atoms with E-state index in [-0.39, 0.29) is 0 Å². The maximum absolute atomic E-state index is 12.1. The van der Waals surface area contributed by atoms with Crippen LogP contribution in [-0.4, -0.2) is 86.8 Å². The molecule has 14 nitrogen and oxygen atoms in total. The van der Waals surface area contributed by atoms with Crippen LogP contribution in [0.4, 0.5) is 0 Å². The molecule has 0 spiro atoms. The molecule has 0 aliphatic carbocycles. The van der Waals surface area contributed by atoms with E-state index in [1.165, 1.54) is 0 Å². The van der Waals surface area contributed by atoms with Gasteiger partial charge in [-0.1, -0.05) is 0 Å². The third-order valence-corrected chi connectivity index (χ3v) is 3.23. The number of amides is 3. The lowest BCUT2D eigenvalue weighted by molar-refractivity contribution is -0.147. The lowest BCUT2D eigenvalue weighted by atomic mass is 10.1. The number of hydrogen-bond acceptors (Lipinski definition) is 8. The minimum absolute atomic E-state index is 0.674. The molecular weight excluding hydrogens is 384 g/mol. The second-order valence-electron chi connectivity index (χ2n) is 5.71. The molecule has 0 saturated carbocycles. The van der Waals surface area contributed by atoms with E-state index in [1.807, 2.05) is 16.0 Å². The Morgan fingerprint density at radius 3 is 1.86 bits per heavy atom. The van der Waals surface area contributed by atoms with E-state index >= 15 is 0 Å². The van der Waals surface area contributed by atoms with Gasteiger partial charge in [0.05, 0.1) is 31.5 Å². The summed E-state index contributed by atoms with van der Waals surface area (Å²) in [5, 5.41) is 41.6. The Morgan fingerprint density at radius 1 is 0.893 bits per heavy atom. The van der Waals surface area contributed by atoms with Gasteiger partial charge in [0.1, 0.15) is 12.1 Å². The van der Waals surface area contributed by atoms with Crippen molar-refractivity contribution in [1.82, 2.24) is 16.0 Å². The Hall–Kier alpha value is -3.26. The zero-order valence-corrected chi connectivity index (χ0v) is 14.7. The van der Waals surface area contributed by atoms with Gasteiger partial charge in [0.25, 0.3) is 0 Å². The molecule has 158 valence electrons. The standard InChI is InChI=1S/C14H22N4O10/c1-5(19)11(13(26)17-7(14(27)28)3-10(23)24)18-8(20)4-16-12(25)6(15)2-9(21)22/h5-7,11,19H,2-4,15H2,1H3,(H,16,25)(H,17,26)(H,18,20)(H,21,22)(H,23,24)(H,27,28). The molecule has 0 aliphatic rings. The largest absolute Gasteiger partial charge is 0.481 e. The number of aliphatic hydroxyl groups excluding tert-OH is 1. The van der Waals surface area contributed by atoms with E-state index in [0.29, 0.717) is 0 Å². The predicted molar refractivity (Wildman–Crippen MR) is 88.7 cm³/mol. The van der Waals surface area contributed by atoms with Crippen LogP contribution in [0, 0.1) is 0 Å². The molecule has 0 radical (unpaired) electrons. The normalized spacial score (nSPS) is 14.7. The second-order valence-corrected chi connectivity index (χ2v) is 5.71. The van der Waals surface area contributed by atoms with Gasteiger partial charge in [-0.3, -0.25) is 24.0 Å². The molecule has 3 amide bonds. The fraction of sp³-hybridized carbons (Fsp3) is 0.571. The van der Waals surface area contributed by atoms with E-state index in [1.54, 1.807) is 0 Å². The summed E-state index contributed by atoms with van der Waals surface area (Å²) in [7, 11) is 0. The summed E-state index contributed by atoms with van der Waals surface area (Å²) in [4.78, 5) is 67.5. The number of carboxylic acids is 3. The van der Waals surface area contributed by atoms with Crippen molar-refractivity contribution in [3.05, 3.63) is 0 Å². The van der Waals surface area contributed by atoms with Crippen molar-refractivity contribution in [3.63, 3.8) is 0 Å². The molecule has 28 heavy (non-hydrogen) atoms. The summed E-state index contributed by atoms with van der Waals surface area (Å²) in [5.74, 6) is -7.53. The van der Waals surface area contributed by atoms with E-state index in [2.05, 4.69) is 0 Å². The fourth-order valence-electron chi connectivity index (χ4n) is 1.85. The number of carboxylic acid groups (broad SMARTS) is 3. The summed E-state index contributed by atoms with van der Waals surface area (Å²) in [6.07, 6.45) is -3.10. The molecule has 0 aliphatic heterocycles. The highest BCUT2D eigenvalue weighted by atomic mass is 16.4. The number of aliphatic carboxylic acids is 3. The van der Waals surface area contributed by atoms with Crippen molar-refractivity contribution in [3.8, 4) is 0 Å². The third kappa shape index (κ3) is 9.44. The highest BCUT2D eigenvalue weighted by Gasteiger charge is 2.31. The average molecular weight is 406 g/mol. The van der Waals surface area contributed by atoms with Crippen LogP contribution in [0.2, 0.25) is 0 Å². The van der Waals surface area contributed by atoms with Gasteiger partial charge >= 0.3 is 17.9 Å². The van der Waals surface area contributed by atoms with Crippen LogP contribution >= 0.6 is 0 Å². The zero-order chi connectivity index (χ0) is 22.0. The second kappa shape index (κ2) is 11.5. The van der Waals surface area contributed by atoms with Crippen molar-refractivity contribution < 1.29 is 49.2 Å². The van der Waals surface area contributed by atoms with E-state index in [4.69, 9.17) is 21.1 Å². The first-order valence-electron chi connectivity index (χ1n) is 7.82. The molecule has 4 unspecified atom stereocenters. The molecule has 0 saturated heterocycles. The Labute approximate surface area is 158 Å². The molecule has 4 atom stereocenters. The molecule has 0 rings (SSSR count). The smallest absolute Gasteiger partial charge is 0.326 e. The summed E-state index contributed by atoms with van der Waals surface area (Å²) in [5.41, 5.74) is 5.29. The minimum atomic E-state index is -1.79. The Morgan fingerprint density at radius 2 is 1.43 bits per heavy atom. The quantitative estimate of drug-likeness (QED) is 0.154. The maximum atomic E-state index is 12.1. The number of carbonyl (C=O) groups is 6. The SMILES string of the molecule is CC(O)C(NC(=O)CNC(=O)C(N)CC(=O)O)C(=O)NC(CC(=O)O)C(=O)O. The number of nitrogens with one attached hydrogen (secondary N) is 3. The summed E-state index contributed by atoms with van der Waals surface area (Å²) in [6.45, 7) is 0.402. The molecule has 0 heterocycles. The van der Waals surface area contributed by atoms with Crippen molar-refractivity contribution >= 4 is 35.6 Å². The van der Waals surface area contributed by atoms with Crippen LogP contribution in [0.3, 0.4) is 0 Å². The maximum Gasteiger partial charge on any atom is 0.326 e. The van der Waals surface area contributed by atoms with Crippen LogP contribution in [-0.2, 0) is 28.8 Å². The number of nitrogens with two attached hydrogens (primary N) is 1. The van der Waals surface area contributed by atoms with E-state index in [9.17, 15) is 33.9 Å². The monoisotopic (exact) mass is 406 g/mol. The molecule has 0 bridgehead atoms. The third-order valence-electron chi connectivity index (χ3n) is 3.23. The highest BCUT2D eigenvalue weighted by molar-refractivity contribution is 5.94. The molecule has 0 aromatic carbocycles. The van der Waals surface area contributed by atoms with Gasteiger partial charge in [-0.25, -0.2) is 4.79 Å². The van der Waals surface area contributed by atoms with Crippen molar-refractivity contribution in [2.24, 2.45) is 5.73 Å². The Kier molecular flexibility index (Phi) is 10.1. The van der Waals surface area contributed by atoms with Crippen LogP contribution in [0.25, 0.3) is 0 Å². The summed E-state index contributed by atoms with van der Waals surface area (Å²) < 4.78 is 0. The first-order chi connectivity index (χ1) is 12.8. The fourth-order valence-corrected chi connectivity index (χ4v) is 1.85. The molecular formula is C14H22N4O10. The van der Waals surface area contributed by atoms with Crippen molar-refractivity contribution in [1.29, 1.82) is 0 Å². The highest BCUT2D eigenvalue weighted by Crippen LogP contribution is 1.99. The van der Waals surface area contributed by atoms with Gasteiger partial charge in [0.15, 0.2) is 0 Å².